The molecule has 0 radical (unpaired) electrons. The van der Waals surface area contributed by atoms with Gasteiger partial charge in [-0.3, -0.25) is 9.59 Å². The van der Waals surface area contributed by atoms with Gasteiger partial charge in [0.2, 0.25) is 11.8 Å². The Hall–Kier alpha value is -3.09. The van der Waals surface area contributed by atoms with E-state index in [9.17, 15) is 14.0 Å². The molecule has 0 fully saturated rings. The molecule has 1 N–H and O–H groups in total. The minimum Gasteiger partial charge on any atom is -0.497 e. The van der Waals surface area contributed by atoms with Gasteiger partial charge >= 0.3 is 0 Å². The zero-order valence-electron chi connectivity index (χ0n) is 14.9. The number of methoxy groups -OCH3 is 2. The molecule has 138 valence electrons. The van der Waals surface area contributed by atoms with Gasteiger partial charge in [0, 0.05) is 31.6 Å². The third-order valence-corrected chi connectivity index (χ3v) is 3.75. The first kappa shape index (κ1) is 19.2. The van der Waals surface area contributed by atoms with E-state index in [0.29, 0.717) is 22.9 Å². The van der Waals surface area contributed by atoms with E-state index < -0.39 is 0 Å². The summed E-state index contributed by atoms with van der Waals surface area (Å²) < 4.78 is 23.4. The first-order valence-electron chi connectivity index (χ1n) is 8.00. The fourth-order valence-corrected chi connectivity index (χ4v) is 2.43. The van der Waals surface area contributed by atoms with E-state index in [2.05, 4.69) is 5.32 Å². The normalized spacial score (nSPS) is 10.2. The van der Waals surface area contributed by atoms with Gasteiger partial charge < -0.3 is 19.7 Å². The van der Waals surface area contributed by atoms with Gasteiger partial charge in [-0.05, 0) is 36.4 Å². The zero-order chi connectivity index (χ0) is 19.1. The number of rotatable bonds is 7. The van der Waals surface area contributed by atoms with Crippen molar-refractivity contribution in [2.24, 2.45) is 0 Å². The highest BCUT2D eigenvalue weighted by molar-refractivity contribution is 5.95. The molecule has 6 nitrogen and oxygen atoms in total. The lowest BCUT2D eigenvalue weighted by Gasteiger charge is -2.23. The molecule has 2 rings (SSSR count). The maximum atomic E-state index is 12.9. The Balaban J connectivity index is 2.07. The highest BCUT2D eigenvalue weighted by Crippen LogP contribution is 2.32. The Kier molecular flexibility index (Phi) is 6.54. The monoisotopic (exact) mass is 360 g/mol. The number of carbonyl (C=O) groups excluding carboxylic acids is 2. The largest absolute Gasteiger partial charge is 0.497 e. The molecule has 0 aliphatic rings. The molecule has 0 spiro atoms. The lowest BCUT2D eigenvalue weighted by Crippen LogP contribution is -2.32. The number of anilines is 2. The summed E-state index contributed by atoms with van der Waals surface area (Å²) in [4.78, 5) is 25.6. The molecule has 0 saturated heterocycles. The summed E-state index contributed by atoms with van der Waals surface area (Å²) in [6, 6.07) is 10.6. The lowest BCUT2D eigenvalue weighted by molar-refractivity contribution is -0.117. The van der Waals surface area contributed by atoms with Crippen LogP contribution in [0.3, 0.4) is 0 Å². The number of halogens is 1. The summed E-state index contributed by atoms with van der Waals surface area (Å²) in [5.41, 5.74) is 1.04. The molecule has 0 atom stereocenters. The maximum Gasteiger partial charge on any atom is 0.226 e. The van der Waals surface area contributed by atoms with E-state index in [1.165, 1.54) is 50.3 Å². The number of hydrogen-bond donors (Lipinski definition) is 1. The Morgan fingerprint density at radius 1 is 1.08 bits per heavy atom. The summed E-state index contributed by atoms with van der Waals surface area (Å²) >= 11 is 0. The third-order valence-electron chi connectivity index (χ3n) is 3.75. The number of ether oxygens (including phenoxy) is 2. The van der Waals surface area contributed by atoms with Crippen molar-refractivity contribution < 1.29 is 23.5 Å². The molecule has 7 heteroatoms. The Labute approximate surface area is 151 Å². The van der Waals surface area contributed by atoms with Gasteiger partial charge in [0.25, 0.3) is 0 Å². The maximum absolute atomic E-state index is 12.9. The third kappa shape index (κ3) is 4.95. The van der Waals surface area contributed by atoms with Crippen LogP contribution in [0.1, 0.15) is 13.3 Å². The van der Waals surface area contributed by atoms with Crippen LogP contribution in [0.2, 0.25) is 0 Å². The van der Waals surface area contributed by atoms with E-state index >= 15 is 0 Å². The molecule has 2 aromatic carbocycles. The van der Waals surface area contributed by atoms with E-state index in [1.807, 2.05) is 0 Å². The van der Waals surface area contributed by atoms with Crippen LogP contribution in [0.15, 0.2) is 42.5 Å². The van der Waals surface area contributed by atoms with E-state index in [0.717, 1.165) is 0 Å². The molecule has 0 aliphatic carbocycles. The van der Waals surface area contributed by atoms with E-state index in [-0.39, 0.29) is 30.6 Å². The van der Waals surface area contributed by atoms with Crippen molar-refractivity contribution in [3.63, 3.8) is 0 Å². The molecule has 2 amide bonds. The minimum absolute atomic E-state index is 0.0755. The van der Waals surface area contributed by atoms with Crippen molar-refractivity contribution in [3.8, 4) is 11.5 Å². The van der Waals surface area contributed by atoms with Gasteiger partial charge in [-0.25, -0.2) is 4.39 Å². The van der Waals surface area contributed by atoms with Crippen molar-refractivity contribution >= 4 is 23.2 Å². The number of nitrogens with one attached hydrogen (secondary N) is 1. The van der Waals surface area contributed by atoms with Gasteiger partial charge in [-0.1, -0.05) is 0 Å². The van der Waals surface area contributed by atoms with Crippen LogP contribution in [0.4, 0.5) is 15.8 Å². The van der Waals surface area contributed by atoms with Crippen molar-refractivity contribution in [2.75, 3.05) is 31.0 Å². The van der Waals surface area contributed by atoms with Crippen LogP contribution in [-0.2, 0) is 9.59 Å². The molecule has 0 aliphatic heterocycles. The number of benzene rings is 2. The molecule has 0 bridgehead atoms. The minimum atomic E-state index is -0.377. The van der Waals surface area contributed by atoms with Crippen LogP contribution in [0.25, 0.3) is 0 Å². The SMILES string of the molecule is COc1ccc(N(CCC(=O)Nc2ccc(F)cc2)C(C)=O)c(OC)c1. The second-order valence-electron chi connectivity index (χ2n) is 5.51. The quantitative estimate of drug-likeness (QED) is 0.823. The van der Waals surface area contributed by atoms with Crippen LogP contribution >= 0.6 is 0 Å². The van der Waals surface area contributed by atoms with Gasteiger partial charge in [0.05, 0.1) is 19.9 Å². The molecular formula is C19H21FN2O4. The molecular weight excluding hydrogens is 339 g/mol. The second-order valence-corrected chi connectivity index (χ2v) is 5.51. The Morgan fingerprint density at radius 3 is 2.35 bits per heavy atom. The topological polar surface area (TPSA) is 67.9 Å². The van der Waals surface area contributed by atoms with E-state index in [1.54, 1.807) is 18.2 Å². The fourth-order valence-electron chi connectivity index (χ4n) is 2.43. The van der Waals surface area contributed by atoms with Crippen LogP contribution in [0.5, 0.6) is 11.5 Å². The summed E-state index contributed by atoms with van der Waals surface area (Å²) in [6.07, 6.45) is 0.0755. The summed E-state index contributed by atoms with van der Waals surface area (Å²) in [6.45, 7) is 1.59. The zero-order valence-corrected chi connectivity index (χ0v) is 14.9. The summed E-state index contributed by atoms with van der Waals surface area (Å²) in [7, 11) is 3.04. The first-order chi connectivity index (χ1) is 12.4. The predicted molar refractivity (Wildman–Crippen MR) is 97.2 cm³/mol. The average molecular weight is 360 g/mol. The number of hydrogen-bond acceptors (Lipinski definition) is 4. The van der Waals surface area contributed by atoms with Gasteiger partial charge in [-0.2, -0.15) is 0 Å². The number of nitrogens with zero attached hydrogens (tertiary/aromatic N) is 1. The van der Waals surface area contributed by atoms with Gasteiger partial charge in [0.15, 0.2) is 0 Å². The van der Waals surface area contributed by atoms with Crippen LogP contribution < -0.4 is 19.7 Å². The molecule has 2 aromatic rings. The second kappa shape index (κ2) is 8.84. The van der Waals surface area contributed by atoms with Crippen molar-refractivity contribution in [2.45, 2.75) is 13.3 Å². The average Bonchev–Trinajstić information content (AvgIpc) is 2.63. The van der Waals surface area contributed by atoms with Crippen LogP contribution in [0, 0.1) is 5.82 Å². The Morgan fingerprint density at radius 2 is 1.77 bits per heavy atom. The highest BCUT2D eigenvalue weighted by atomic mass is 19.1. The fraction of sp³-hybridized carbons (Fsp3) is 0.263. The smallest absolute Gasteiger partial charge is 0.226 e. The predicted octanol–water partition coefficient (Wildman–Crippen LogP) is 3.22. The number of amides is 2. The standard InChI is InChI=1S/C19H21FN2O4/c1-13(23)22(17-9-8-16(25-2)12-18(17)26-3)11-10-19(24)21-15-6-4-14(20)5-7-15/h4-9,12H,10-11H2,1-3H3,(H,21,24). The van der Waals surface area contributed by atoms with Crippen molar-refractivity contribution in [1.82, 2.24) is 0 Å². The van der Waals surface area contributed by atoms with Crippen molar-refractivity contribution in [3.05, 3.63) is 48.3 Å². The molecule has 26 heavy (non-hydrogen) atoms. The Bertz CT molecular complexity index is 778. The number of carbonyl (C=O) groups is 2. The molecule has 0 aromatic heterocycles. The van der Waals surface area contributed by atoms with Crippen molar-refractivity contribution in [1.29, 1.82) is 0 Å². The molecule has 0 unspecified atom stereocenters. The summed E-state index contributed by atoms with van der Waals surface area (Å²) in [5.74, 6) is 0.192. The van der Waals surface area contributed by atoms with Crippen LogP contribution in [-0.4, -0.2) is 32.6 Å². The van der Waals surface area contributed by atoms with Gasteiger partial charge in [0.1, 0.15) is 17.3 Å². The first-order valence-corrected chi connectivity index (χ1v) is 8.00. The molecule has 0 saturated carbocycles. The summed E-state index contributed by atoms with van der Waals surface area (Å²) in [5, 5.41) is 2.67. The lowest BCUT2D eigenvalue weighted by atomic mass is 10.2. The van der Waals surface area contributed by atoms with Gasteiger partial charge in [-0.15, -0.1) is 0 Å². The van der Waals surface area contributed by atoms with E-state index in [4.69, 9.17) is 9.47 Å². The highest BCUT2D eigenvalue weighted by Gasteiger charge is 2.18. The molecule has 0 heterocycles.